The van der Waals surface area contributed by atoms with Crippen molar-refractivity contribution in [2.24, 2.45) is 0 Å². The Morgan fingerprint density at radius 3 is 2.73 bits per heavy atom. The fourth-order valence-electron chi connectivity index (χ4n) is 0.839. The molecule has 0 bridgehead atoms. The van der Waals surface area contributed by atoms with E-state index in [0.29, 0.717) is 16.3 Å². The molecule has 0 heterocycles. The molecular formula is C8H7ClNO. The van der Waals surface area contributed by atoms with Gasteiger partial charge in [-0.2, -0.15) is 0 Å². The predicted molar refractivity (Wildman–Crippen MR) is 45.4 cm³/mol. The van der Waals surface area contributed by atoms with E-state index in [1.807, 2.05) is 0 Å². The number of rotatable bonds is 1. The summed E-state index contributed by atoms with van der Waals surface area (Å²) in [6.07, 6.45) is 1.72. The Morgan fingerprint density at radius 1 is 1.55 bits per heavy atom. The molecule has 0 atom stereocenters. The van der Waals surface area contributed by atoms with Crippen LogP contribution in [0.15, 0.2) is 12.1 Å². The van der Waals surface area contributed by atoms with Gasteiger partial charge in [0.1, 0.15) is 0 Å². The first-order chi connectivity index (χ1) is 5.15. The topological polar surface area (TPSA) is 43.1 Å². The van der Waals surface area contributed by atoms with Crippen molar-refractivity contribution in [2.75, 3.05) is 5.73 Å². The van der Waals surface area contributed by atoms with Crippen LogP contribution in [-0.2, 0) is 4.79 Å². The number of nitrogen functional groups attached to an aromatic ring is 1. The zero-order chi connectivity index (χ0) is 8.43. The van der Waals surface area contributed by atoms with Crippen LogP contribution in [0.3, 0.4) is 0 Å². The van der Waals surface area contributed by atoms with E-state index in [1.165, 1.54) is 6.07 Å². The van der Waals surface area contributed by atoms with E-state index >= 15 is 0 Å². The third-order valence-electron chi connectivity index (χ3n) is 1.46. The van der Waals surface area contributed by atoms with Gasteiger partial charge in [0, 0.05) is 10.7 Å². The summed E-state index contributed by atoms with van der Waals surface area (Å²) in [5.41, 5.74) is 7.12. The predicted octanol–water partition coefficient (Wildman–Crippen LogP) is 1.69. The standard InChI is InChI=1S/C8H7ClNO/c1-5-2-7(9)3-6(4-11)8(5)10/h2-3H,10H2,1H3. The minimum absolute atomic E-state index is 0.329. The van der Waals surface area contributed by atoms with Crippen LogP contribution in [-0.4, -0.2) is 6.29 Å². The molecule has 0 aromatic heterocycles. The van der Waals surface area contributed by atoms with Crippen molar-refractivity contribution < 1.29 is 4.79 Å². The Labute approximate surface area is 70.0 Å². The summed E-state index contributed by atoms with van der Waals surface area (Å²) < 4.78 is 0. The Hall–Kier alpha value is -1.02. The molecule has 0 saturated carbocycles. The second kappa shape index (κ2) is 2.93. The van der Waals surface area contributed by atoms with Crippen LogP contribution in [0.2, 0.25) is 5.02 Å². The van der Waals surface area contributed by atoms with Gasteiger partial charge < -0.3 is 5.73 Å². The number of aryl methyl sites for hydroxylation is 1. The van der Waals surface area contributed by atoms with Gasteiger partial charge in [0.2, 0.25) is 6.29 Å². The van der Waals surface area contributed by atoms with E-state index < -0.39 is 0 Å². The molecule has 1 rings (SSSR count). The van der Waals surface area contributed by atoms with Gasteiger partial charge in [-0.25, -0.2) is 0 Å². The summed E-state index contributed by atoms with van der Waals surface area (Å²) in [4.78, 5) is 10.3. The maximum atomic E-state index is 10.3. The van der Waals surface area contributed by atoms with Crippen molar-refractivity contribution in [3.8, 4) is 0 Å². The van der Waals surface area contributed by atoms with Gasteiger partial charge >= 0.3 is 0 Å². The molecule has 2 nitrogen and oxygen atoms in total. The molecule has 0 fully saturated rings. The van der Waals surface area contributed by atoms with E-state index in [9.17, 15) is 4.79 Å². The maximum Gasteiger partial charge on any atom is 0.235 e. The number of carbonyl (C=O) groups excluding carboxylic acids is 1. The molecule has 0 saturated heterocycles. The number of benzene rings is 1. The van der Waals surface area contributed by atoms with Crippen molar-refractivity contribution in [1.29, 1.82) is 0 Å². The van der Waals surface area contributed by atoms with Crippen LogP contribution in [0.4, 0.5) is 5.69 Å². The second-order valence-corrected chi connectivity index (χ2v) is 2.72. The Bertz CT molecular complexity index is 296. The zero-order valence-corrected chi connectivity index (χ0v) is 6.77. The summed E-state index contributed by atoms with van der Waals surface area (Å²) in [5.74, 6) is 0. The van der Waals surface area contributed by atoms with Crippen molar-refractivity contribution in [1.82, 2.24) is 0 Å². The van der Waals surface area contributed by atoms with Crippen LogP contribution >= 0.6 is 11.6 Å². The van der Waals surface area contributed by atoms with Crippen LogP contribution in [0.1, 0.15) is 11.1 Å². The summed E-state index contributed by atoms with van der Waals surface area (Å²) in [6.45, 7) is 1.79. The lowest BCUT2D eigenvalue weighted by Crippen LogP contribution is -1.95. The molecule has 3 heteroatoms. The van der Waals surface area contributed by atoms with Crippen molar-refractivity contribution >= 4 is 23.6 Å². The Balaban J connectivity index is 3.35. The molecule has 0 spiro atoms. The van der Waals surface area contributed by atoms with Crippen LogP contribution in [0, 0.1) is 6.92 Å². The summed E-state index contributed by atoms with van der Waals surface area (Å²) in [7, 11) is 0. The highest BCUT2D eigenvalue weighted by atomic mass is 35.5. The quantitative estimate of drug-likeness (QED) is 0.649. The van der Waals surface area contributed by atoms with Gasteiger partial charge in [-0.1, -0.05) is 11.6 Å². The smallest absolute Gasteiger partial charge is 0.235 e. The average Bonchev–Trinajstić information content (AvgIpc) is 1.96. The highest BCUT2D eigenvalue weighted by molar-refractivity contribution is 6.31. The molecule has 11 heavy (non-hydrogen) atoms. The first-order valence-corrected chi connectivity index (χ1v) is 3.46. The zero-order valence-electron chi connectivity index (χ0n) is 6.02. The number of anilines is 1. The largest absolute Gasteiger partial charge is 0.398 e. The third-order valence-corrected chi connectivity index (χ3v) is 1.68. The second-order valence-electron chi connectivity index (χ2n) is 2.29. The van der Waals surface area contributed by atoms with E-state index in [4.69, 9.17) is 17.3 Å². The lowest BCUT2D eigenvalue weighted by molar-refractivity contribution is 0.563. The first kappa shape index (κ1) is 8.08. The van der Waals surface area contributed by atoms with Crippen LogP contribution in [0.5, 0.6) is 0 Å². The molecule has 0 amide bonds. The summed E-state index contributed by atoms with van der Waals surface area (Å²) in [6, 6.07) is 3.20. The molecular weight excluding hydrogens is 162 g/mol. The number of hydrogen-bond acceptors (Lipinski definition) is 2. The van der Waals surface area contributed by atoms with Crippen LogP contribution in [0.25, 0.3) is 0 Å². The maximum absolute atomic E-state index is 10.3. The van der Waals surface area contributed by atoms with Crippen molar-refractivity contribution in [2.45, 2.75) is 6.92 Å². The van der Waals surface area contributed by atoms with E-state index in [2.05, 4.69) is 0 Å². The summed E-state index contributed by atoms with van der Waals surface area (Å²) >= 11 is 5.67. The van der Waals surface area contributed by atoms with Gasteiger partial charge in [-0.15, -0.1) is 0 Å². The fourth-order valence-corrected chi connectivity index (χ4v) is 1.11. The number of halogens is 1. The third kappa shape index (κ3) is 1.52. The first-order valence-electron chi connectivity index (χ1n) is 3.09. The van der Waals surface area contributed by atoms with E-state index in [1.54, 1.807) is 19.3 Å². The van der Waals surface area contributed by atoms with Gasteiger partial charge in [0.25, 0.3) is 0 Å². The van der Waals surface area contributed by atoms with Crippen molar-refractivity contribution in [3.63, 3.8) is 0 Å². The molecule has 2 N–H and O–H groups in total. The van der Waals surface area contributed by atoms with Crippen molar-refractivity contribution in [3.05, 3.63) is 28.3 Å². The lowest BCUT2D eigenvalue weighted by atomic mass is 10.1. The lowest BCUT2D eigenvalue weighted by Gasteiger charge is -2.02. The Kier molecular flexibility index (Phi) is 2.15. The highest BCUT2D eigenvalue weighted by Gasteiger charge is 2.02. The monoisotopic (exact) mass is 168 g/mol. The van der Waals surface area contributed by atoms with E-state index in [-0.39, 0.29) is 0 Å². The molecule has 57 valence electrons. The molecule has 1 radical (unpaired) electrons. The Morgan fingerprint density at radius 2 is 2.18 bits per heavy atom. The molecule has 0 aliphatic rings. The van der Waals surface area contributed by atoms with Crippen LogP contribution < -0.4 is 5.73 Å². The molecule has 0 aliphatic carbocycles. The van der Waals surface area contributed by atoms with Gasteiger partial charge in [-0.3, -0.25) is 4.79 Å². The average molecular weight is 169 g/mol. The fraction of sp³-hybridized carbons (Fsp3) is 0.125. The van der Waals surface area contributed by atoms with Gasteiger partial charge in [0.15, 0.2) is 0 Å². The number of nitrogens with two attached hydrogens (primary N) is 1. The SMILES string of the molecule is Cc1cc(Cl)cc([C]=O)c1N. The van der Waals surface area contributed by atoms with Gasteiger partial charge in [0.05, 0.1) is 5.56 Å². The molecule has 1 aromatic rings. The minimum Gasteiger partial charge on any atom is -0.398 e. The molecule has 0 aliphatic heterocycles. The number of hydrogen-bond donors (Lipinski definition) is 1. The van der Waals surface area contributed by atoms with Gasteiger partial charge in [-0.05, 0) is 24.6 Å². The molecule has 0 unspecified atom stereocenters. The van der Waals surface area contributed by atoms with E-state index in [0.717, 1.165) is 5.56 Å². The minimum atomic E-state index is 0.329. The summed E-state index contributed by atoms with van der Waals surface area (Å²) in [5, 5.41) is 0.509. The molecule has 1 aromatic carbocycles. The highest BCUT2D eigenvalue weighted by Crippen LogP contribution is 2.20. The normalized spacial score (nSPS) is 9.64.